The number of aryl methyl sites for hydroxylation is 1. The Morgan fingerprint density at radius 2 is 1.22 bits per heavy atom. The van der Waals surface area contributed by atoms with Crippen LogP contribution < -0.4 is 21.1 Å². The maximum Gasteiger partial charge on any atom is 0.198 e. The molecular weight excluding hydrogens is 724 g/mol. The van der Waals surface area contributed by atoms with Gasteiger partial charge in [-0.2, -0.15) is 0 Å². The molecule has 6 heteroatoms. The minimum absolute atomic E-state index is 0.0953. The summed E-state index contributed by atoms with van der Waals surface area (Å²) in [6.45, 7) is 12.1. The predicted octanol–water partition coefficient (Wildman–Crippen LogP) is 13.2. The first-order valence-corrected chi connectivity index (χ1v) is 21.9. The first-order valence-electron chi connectivity index (χ1n) is 19.4. The van der Waals surface area contributed by atoms with Crippen molar-refractivity contribution in [2.75, 3.05) is 10.2 Å². The zero-order valence-corrected chi connectivity index (χ0v) is 34.3. The molecule has 0 saturated heterocycles. The van der Waals surface area contributed by atoms with Crippen molar-refractivity contribution >= 4 is 92.7 Å². The second kappa shape index (κ2) is 12.3. The highest BCUT2D eigenvalue weighted by Crippen LogP contribution is 2.54. The number of hydrogen-bond acceptors (Lipinski definition) is 5. The molecule has 0 atom stereocenters. The lowest BCUT2D eigenvalue weighted by Gasteiger charge is -2.44. The summed E-state index contributed by atoms with van der Waals surface area (Å²) >= 11 is 5.70. The Labute approximate surface area is 337 Å². The summed E-state index contributed by atoms with van der Waals surface area (Å²) in [7, 11) is 0.859. The number of para-hydroxylation sites is 2. The maximum absolute atomic E-state index is 3.91. The van der Waals surface area contributed by atoms with Gasteiger partial charge in [0.05, 0.1) is 11.4 Å². The number of nitrogens with one attached hydrogen (secondary N) is 1. The van der Waals surface area contributed by atoms with Crippen LogP contribution in [-0.2, 0) is 10.8 Å². The second-order valence-electron chi connectivity index (χ2n) is 16.9. The Morgan fingerprint density at radius 1 is 0.582 bits per heavy atom. The molecule has 3 heterocycles. The molecule has 0 aromatic heterocycles. The van der Waals surface area contributed by atoms with Crippen molar-refractivity contribution in [3.63, 3.8) is 0 Å². The van der Waals surface area contributed by atoms with Crippen molar-refractivity contribution in [1.29, 1.82) is 0 Å². The summed E-state index contributed by atoms with van der Waals surface area (Å²) in [5.41, 5.74) is 16.2. The molecule has 268 valence electrons. The summed E-state index contributed by atoms with van der Waals surface area (Å²) < 4.78 is 0. The molecule has 11 rings (SSSR count). The summed E-state index contributed by atoms with van der Waals surface area (Å²) in [5.74, 6) is 0. The Balaban J connectivity index is 1.20. The number of fused-ring (bicyclic) bond motifs is 8. The summed E-state index contributed by atoms with van der Waals surface area (Å²) in [6, 6.07) is 46.1. The second-order valence-corrected chi connectivity index (χ2v) is 20.2. The summed E-state index contributed by atoms with van der Waals surface area (Å²) in [4.78, 5) is 10.6. The van der Waals surface area contributed by atoms with Gasteiger partial charge in [0.1, 0.15) is 0 Å². The van der Waals surface area contributed by atoms with Gasteiger partial charge in [-0.05, 0) is 118 Å². The van der Waals surface area contributed by atoms with Gasteiger partial charge in [0, 0.05) is 52.0 Å². The van der Waals surface area contributed by atoms with Crippen LogP contribution in [0.4, 0.5) is 28.4 Å². The maximum atomic E-state index is 3.91. The van der Waals surface area contributed by atoms with Gasteiger partial charge in [0.2, 0.25) is 0 Å². The van der Waals surface area contributed by atoms with E-state index < -0.39 is 0 Å². The van der Waals surface area contributed by atoms with Crippen LogP contribution in [0.2, 0.25) is 0 Å². The van der Waals surface area contributed by atoms with E-state index in [0.717, 1.165) is 7.28 Å². The highest BCUT2D eigenvalue weighted by molar-refractivity contribution is 8.05. The van der Waals surface area contributed by atoms with Crippen LogP contribution in [0.5, 0.6) is 0 Å². The topological polar surface area (TPSA) is 15.3 Å². The molecule has 0 unspecified atom stereocenters. The van der Waals surface area contributed by atoms with Crippen molar-refractivity contribution < 1.29 is 0 Å². The van der Waals surface area contributed by atoms with Gasteiger partial charge >= 0.3 is 0 Å². The summed E-state index contributed by atoms with van der Waals surface area (Å²) in [6.07, 6.45) is 2.39. The van der Waals surface area contributed by atoms with Gasteiger partial charge in [-0.3, -0.25) is 0 Å². The molecule has 3 aliphatic heterocycles. The third-order valence-electron chi connectivity index (χ3n) is 12.5. The molecule has 0 saturated carbocycles. The largest absolute Gasteiger partial charge is 0.353 e. The molecule has 7 aromatic rings. The number of hydrogen-bond donors (Lipinski definition) is 1. The molecule has 4 aliphatic rings. The van der Waals surface area contributed by atoms with Crippen LogP contribution in [0.1, 0.15) is 57.2 Å². The average molecular weight is 765 g/mol. The van der Waals surface area contributed by atoms with E-state index in [1.165, 1.54) is 120 Å². The molecule has 0 fully saturated rings. The van der Waals surface area contributed by atoms with Gasteiger partial charge in [-0.25, -0.2) is 0 Å². The van der Waals surface area contributed by atoms with Crippen LogP contribution in [-0.4, -0.2) is 7.28 Å². The predicted molar refractivity (Wildman–Crippen MR) is 239 cm³/mol. The zero-order valence-electron chi connectivity index (χ0n) is 31.8. The fourth-order valence-corrected chi connectivity index (χ4v) is 12.7. The lowest BCUT2D eigenvalue weighted by molar-refractivity contribution is 0.332. The lowest BCUT2D eigenvalue weighted by Crippen LogP contribution is -2.42. The number of nitrogens with zero attached hydrogens (tertiary/aromatic N) is 1. The molecule has 2 nitrogen and oxygen atoms in total. The Hall–Kier alpha value is -4.49. The number of benzene rings is 7. The van der Waals surface area contributed by atoms with Crippen LogP contribution in [0.15, 0.2) is 151 Å². The molecule has 0 amide bonds. The molecule has 0 radical (unpaired) electrons. The van der Waals surface area contributed by atoms with E-state index in [1.807, 2.05) is 35.3 Å². The van der Waals surface area contributed by atoms with E-state index in [1.54, 1.807) is 0 Å². The van der Waals surface area contributed by atoms with Crippen molar-refractivity contribution in [3.8, 4) is 11.1 Å². The van der Waals surface area contributed by atoms with E-state index in [-0.39, 0.29) is 10.8 Å². The van der Waals surface area contributed by atoms with E-state index in [2.05, 4.69) is 166 Å². The first-order chi connectivity index (χ1) is 26.6. The van der Waals surface area contributed by atoms with Gasteiger partial charge in [0.25, 0.3) is 0 Å². The van der Waals surface area contributed by atoms with E-state index >= 15 is 0 Å². The molecule has 1 aliphatic carbocycles. The number of anilines is 5. The van der Waals surface area contributed by atoms with Crippen LogP contribution >= 0.6 is 35.3 Å². The van der Waals surface area contributed by atoms with E-state index in [0.29, 0.717) is 0 Å². The number of rotatable bonds is 2. The van der Waals surface area contributed by atoms with Gasteiger partial charge in [-0.1, -0.05) is 141 Å². The molecule has 7 aromatic carbocycles. The normalized spacial score (nSPS) is 16.6. The lowest BCUT2D eigenvalue weighted by atomic mass is 9.57. The van der Waals surface area contributed by atoms with Crippen molar-refractivity contribution in [2.45, 2.75) is 87.7 Å². The van der Waals surface area contributed by atoms with Gasteiger partial charge in [-0.15, -0.1) is 0 Å². The Kier molecular flexibility index (Phi) is 7.54. The third-order valence-corrected chi connectivity index (χ3v) is 16.2. The third kappa shape index (κ3) is 5.28. The highest BCUT2D eigenvalue weighted by atomic mass is 32.2. The van der Waals surface area contributed by atoms with Crippen molar-refractivity contribution in [2.24, 2.45) is 0 Å². The fraction of sp³-hybridized carbons (Fsp3) is 0.184. The smallest absolute Gasteiger partial charge is 0.198 e. The van der Waals surface area contributed by atoms with Gasteiger partial charge < -0.3 is 10.2 Å². The minimum atomic E-state index is 0.0953. The average Bonchev–Trinajstić information content (AvgIpc) is 3.18. The van der Waals surface area contributed by atoms with Crippen LogP contribution in [0.25, 0.3) is 21.9 Å². The Bertz CT molecular complexity index is 2790. The molecule has 0 spiro atoms. The molecular formula is C49H41BN2S3. The van der Waals surface area contributed by atoms with Crippen LogP contribution in [0, 0.1) is 6.92 Å². The SMILES string of the molecule is Cc1cc2c(cc1N1c3cc4c(cc3Bc3c1cc1ccccc1c3-c1cccc3c1Nc1ccccc1S3)Sc1ccccc1S4)C(C)(C)CCC2(C)C. The first kappa shape index (κ1) is 33.8. The van der Waals surface area contributed by atoms with Crippen molar-refractivity contribution in [3.05, 3.63) is 138 Å². The minimum Gasteiger partial charge on any atom is -0.353 e. The zero-order chi connectivity index (χ0) is 37.2. The van der Waals surface area contributed by atoms with Gasteiger partial charge in [0.15, 0.2) is 7.28 Å². The van der Waals surface area contributed by atoms with E-state index in [4.69, 9.17) is 0 Å². The van der Waals surface area contributed by atoms with E-state index in [9.17, 15) is 0 Å². The monoisotopic (exact) mass is 764 g/mol. The standard InChI is InChI=1S/C49H41BN2S3/c1-28-23-32-33(49(4,5)22-21-48(32,2)3)25-36(28)52-37-27-44-43(54-40-18-10-11-19-41(40)55-44)26-34(37)50-46-38(52)24-29-13-6-7-14-30(29)45(46)31-15-12-20-42-47(31)51-35-16-8-9-17-39(35)53-42/h6-20,23-27,50-51H,21-22H2,1-5H3. The molecule has 1 N–H and O–H groups in total. The molecule has 55 heavy (non-hydrogen) atoms. The molecule has 0 bridgehead atoms. The highest BCUT2D eigenvalue weighted by Gasteiger charge is 2.39. The quantitative estimate of drug-likeness (QED) is 0.176. The van der Waals surface area contributed by atoms with Crippen molar-refractivity contribution in [1.82, 2.24) is 0 Å². The fourth-order valence-electron chi connectivity index (χ4n) is 9.41. The Morgan fingerprint density at radius 3 is 2.00 bits per heavy atom. The summed E-state index contributed by atoms with van der Waals surface area (Å²) in [5, 5.41) is 6.47. The van der Waals surface area contributed by atoms with Crippen LogP contribution in [0.3, 0.4) is 0 Å².